The fourth-order valence-corrected chi connectivity index (χ4v) is 4.27. The molecule has 0 spiro atoms. The van der Waals surface area contributed by atoms with Crippen molar-refractivity contribution in [1.29, 1.82) is 0 Å². The van der Waals surface area contributed by atoms with Crippen LogP contribution in [0.1, 0.15) is 46.4 Å². The lowest BCUT2D eigenvalue weighted by Crippen LogP contribution is -2.34. The zero-order valence-corrected chi connectivity index (χ0v) is 21.5. The van der Waals surface area contributed by atoms with Gasteiger partial charge in [-0.15, -0.1) is 0 Å². The number of nitrogens with zero attached hydrogens (tertiary/aromatic N) is 1. The van der Waals surface area contributed by atoms with Crippen molar-refractivity contribution in [3.63, 3.8) is 0 Å². The number of anilines is 1. The first kappa shape index (κ1) is 26.2. The molecule has 2 N–H and O–H groups in total. The third-order valence-electron chi connectivity index (χ3n) is 5.97. The molecule has 0 saturated carbocycles. The fourth-order valence-electron chi connectivity index (χ4n) is 4.06. The highest BCUT2D eigenvalue weighted by atomic mass is 32.1. The summed E-state index contributed by atoms with van der Waals surface area (Å²) in [5.41, 5.74) is 1.69. The van der Waals surface area contributed by atoms with Crippen molar-refractivity contribution in [1.82, 2.24) is 10.2 Å². The molecule has 2 amide bonds. The summed E-state index contributed by atoms with van der Waals surface area (Å²) in [5, 5.41) is 5.84. The van der Waals surface area contributed by atoms with Gasteiger partial charge in [-0.25, -0.2) is 0 Å². The second-order valence-electron chi connectivity index (χ2n) is 8.73. The number of hydrogen-bond acceptors (Lipinski definition) is 5. The maximum Gasteiger partial charge on any atom is 0.257 e. The van der Waals surface area contributed by atoms with Gasteiger partial charge in [0.15, 0.2) is 5.11 Å². The van der Waals surface area contributed by atoms with Crippen LogP contribution in [0.5, 0.6) is 11.5 Å². The van der Waals surface area contributed by atoms with E-state index in [1.807, 2.05) is 41.3 Å². The van der Waals surface area contributed by atoms with E-state index in [1.54, 1.807) is 42.5 Å². The Kier molecular flexibility index (Phi) is 9.48. The standard InChI is InChI=1S/C29H31N3O4S/c33-27(22-13-15-26(16-14-22)36-20-19-35-25-11-4-3-5-12-25)31-29(37)30-24-10-8-9-23(21-24)28(34)32-17-6-1-2-7-18-32/h3-5,8-16,21H,1-2,6-7,17-20H2,(H2,30,31,33,37). The quantitative estimate of drug-likeness (QED) is 0.312. The molecule has 8 heteroatoms. The molecule has 1 heterocycles. The largest absolute Gasteiger partial charge is 0.490 e. The van der Waals surface area contributed by atoms with Gasteiger partial charge in [0.2, 0.25) is 0 Å². The Hall–Kier alpha value is -3.91. The smallest absolute Gasteiger partial charge is 0.257 e. The van der Waals surface area contributed by atoms with Gasteiger partial charge < -0.3 is 19.7 Å². The van der Waals surface area contributed by atoms with Crippen molar-refractivity contribution < 1.29 is 19.1 Å². The van der Waals surface area contributed by atoms with Crippen LogP contribution in [0.2, 0.25) is 0 Å². The maximum atomic E-state index is 12.9. The molecule has 3 aromatic carbocycles. The normalized spacial score (nSPS) is 13.2. The molecule has 0 radical (unpaired) electrons. The summed E-state index contributed by atoms with van der Waals surface area (Å²) in [7, 11) is 0. The minimum atomic E-state index is -0.340. The summed E-state index contributed by atoms with van der Waals surface area (Å²) in [5.74, 6) is 1.11. The number of carbonyl (C=O) groups is 2. The molecule has 1 aliphatic heterocycles. The van der Waals surface area contributed by atoms with Crippen LogP contribution in [0.4, 0.5) is 5.69 Å². The number of hydrogen-bond donors (Lipinski definition) is 2. The molecule has 7 nitrogen and oxygen atoms in total. The Bertz CT molecular complexity index is 1190. The highest BCUT2D eigenvalue weighted by Crippen LogP contribution is 2.17. The molecule has 3 aromatic rings. The van der Waals surface area contributed by atoms with E-state index in [2.05, 4.69) is 10.6 Å². The van der Waals surface area contributed by atoms with Crippen LogP contribution >= 0.6 is 12.2 Å². The van der Waals surface area contributed by atoms with Crippen molar-refractivity contribution in [2.45, 2.75) is 25.7 Å². The number of ether oxygens (including phenoxy) is 2. The van der Waals surface area contributed by atoms with E-state index >= 15 is 0 Å². The van der Waals surface area contributed by atoms with E-state index in [0.717, 1.165) is 31.7 Å². The van der Waals surface area contributed by atoms with E-state index in [1.165, 1.54) is 12.8 Å². The molecule has 0 aliphatic carbocycles. The lowest BCUT2D eigenvalue weighted by Gasteiger charge is -2.20. The fraction of sp³-hybridized carbons (Fsp3) is 0.276. The van der Waals surface area contributed by atoms with E-state index in [9.17, 15) is 9.59 Å². The van der Waals surface area contributed by atoms with E-state index in [4.69, 9.17) is 21.7 Å². The first-order valence-electron chi connectivity index (χ1n) is 12.5. The number of benzene rings is 3. The SMILES string of the molecule is O=C(NC(=S)Nc1cccc(C(=O)N2CCCCCC2)c1)c1ccc(OCCOc2ccccc2)cc1. The Labute approximate surface area is 222 Å². The van der Waals surface area contributed by atoms with Crippen molar-refractivity contribution in [3.05, 3.63) is 90.0 Å². The second kappa shape index (κ2) is 13.4. The van der Waals surface area contributed by atoms with Crippen LogP contribution in [0.3, 0.4) is 0 Å². The minimum absolute atomic E-state index is 0.0226. The number of carbonyl (C=O) groups excluding carboxylic acids is 2. The van der Waals surface area contributed by atoms with E-state index < -0.39 is 0 Å². The Morgan fingerprint density at radius 1 is 0.757 bits per heavy atom. The third-order valence-corrected chi connectivity index (χ3v) is 6.17. The summed E-state index contributed by atoms with van der Waals surface area (Å²) in [4.78, 5) is 27.4. The lowest BCUT2D eigenvalue weighted by molar-refractivity contribution is 0.0761. The van der Waals surface area contributed by atoms with Crippen molar-refractivity contribution in [2.75, 3.05) is 31.6 Å². The first-order valence-corrected chi connectivity index (χ1v) is 12.9. The molecule has 0 atom stereocenters. The topological polar surface area (TPSA) is 79.9 Å². The summed E-state index contributed by atoms with van der Waals surface area (Å²) >= 11 is 5.32. The summed E-state index contributed by atoms with van der Waals surface area (Å²) in [6.07, 6.45) is 4.41. The molecular formula is C29H31N3O4S. The van der Waals surface area contributed by atoms with Crippen molar-refractivity contribution >= 4 is 34.8 Å². The number of amides is 2. The van der Waals surface area contributed by atoms with Crippen LogP contribution in [0.25, 0.3) is 0 Å². The van der Waals surface area contributed by atoms with E-state index in [0.29, 0.717) is 35.8 Å². The maximum absolute atomic E-state index is 12.9. The molecule has 4 rings (SSSR count). The van der Waals surface area contributed by atoms with Crippen LogP contribution in [0.15, 0.2) is 78.9 Å². The highest BCUT2D eigenvalue weighted by Gasteiger charge is 2.17. The molecule has 1 saturated heterocycles. The Morgan fingerprint density at radius 3 is 2.08 bits per heavy atom. The van der Waals surface area contributed by atoms with Gasteiger partial charge in [-0.3, -0.25) is 14.9 Å². The van der Waals surface area contributed by atoms with Crippen LogP contribution in [0, 0.1) is 0 Å². The van der Waals surface area contributed by atoms with Gasteiger partial charge in [-0.05, 0) is 79.7 Å². The van der Waals surface area contributed by atoms with Crippen LogP contribution < -0.4 is 20.1 Å². The van der Waals surface area contributed by atoms with Gasteiger partial charge in [-0.1, -0.05) is 37.1 Å². The number of thiocarbonyl (C=S) groups is 1. The van der Waals surface area contributed by atoms with E-state index in [-0.39, 0.29) is 16.9 Å². The predicted molar refractivity (Wildman–Crippen MR) is 148 cm³/mol. The van der Waals surface area contributed by atoms with Gasteiger partial charge in [0, 0.05) is 29.9 Å². The zero-order chi connectivity index (χ0) is 25.9. The molecule has 0 aromatic heterocycles. The third kappa shape index (κ3) is 8.05. The van der Waals surface area contributed by atoms with Gasteiger partial charge in [0.1, 0.15) is 24.7 Å². The van der Waals surface area contributed by atoms with Crippen molar-refractivity contribution in [3.8, 4) is 11.5 Å². The predicted octanol–water partition coefficient (Wildman–Crippen LogP) is 5.29. The monoisotopic (exact) mass is 517 g/mol. The molecule has 0 bridgehead atoms. The summed E-state index contributed by atoms with van der Waals surface area (Å²) in [6.45, 7) is 2.37. The second-order valence-corrected chi connectivity index (χ2v) is 9.14. The molecule has 192 valence electrons. The zero-order valence-electron chi connectivity index (χ0n) is 20.7. The van der Waals surface area contributed by atoms with Crippen molar-refractivity contribution in [2.24, 2.45) is 0 Å². The average Bonchev–Trinajstić information content (AvgIpc) is 3.21. The Morgan fingerprint density at radius 2 is 1.41 bits per heavy atom. The summed E-state index contributed by atoms with van der Waals surface area (Å²) < 4.78 is 11.3. The number of rotatable bonds is 8. The number of para-hydroxylation sites is 1. The molecule has 37 heavy (non-hydrogen) atoms. The van der Waals surface area contributed by atoms with Crippen LogP contribution in [-0.2, 0) is 0 Å². The first-order chi connectivity index (χ1) is 18.1. The lowest BCUT2D eigenvalue weighted by atomic mass is 10.1. The molecule has 1 aliphatic rings. The highest BCUT2D eigenvalue weighted by molar-refractivity contribution is 7.80. The molecule has 0 unspecified atom stereocenters. The summed E-state index contributed by atoms with van der Waals surface area (Å²) in [6, 6.07) is 23.5. The average molecular weight is 518 g/mol. The van der Waals surface area contributed by atoms with Gasteiger partial charge in [-0.2, -0.15) is 0 Å². The van der Waals surface area contributed by atoms with Gasteiger partial charge in [0.05, 0.1) is 0 Å². The van der Waals surface area contributed by atoms with Crippen LogP contribution in [-0.4, -0.2) is 48.1 Å². The van der Waals surface area contributed by atoms with Gasteiger partial charge in [0.25, 0.3) is 11.8 Å². The minimum Gasteiger partial charge on any atom is -0.490 e. The van der Waals surface area contributed by atoms with Gasteiger partial charge >= 0.3 is 0 Å². The Balaban J connectivity index is 1.24. The number of likely N-dealkylation sites (tertiary alicyclic amines) is 1. The number of nitrogens with one attached hydrogen (secondary N) is 2. The molecular weight excluding hydrogens is 486 g/mol. The molecule has 1 fully saturated rings.